The van der Waals surface area contributed by atoms with Crippen LogP contribution < -0.4 is 5.32 Å². The van der Waals surface area contributed by atoms with Crippen molar-refractivity contribution in [2.24, 2.45) is 0 Å². The molecule has 11 nitrogen and oxygen atoms in total. The van der Waals surface area contributed by atoms with Crippen LogP contribution in [-0.2, 0) is 23.8 Å². The van der Waals surface area contributed by atoms with Crippen molar-refractivity contribution in [1.82, 2.24) is 5.32 Å². The molecule has 1 amide bonds. The molecular formula is C58H99NO10. The average molecular weight is 970 g/mol. The Hall–Kier alpha value is -3.16. The molecule has 1 aliphatic heterocycles. The van der Waals surface area contributed by atoms with E-state index in [0.29, 0.717) is 12.8 Å². The van der Waals surface area contributed by atoms with Crippen molar-refractivity contribution in [3.63, 3.8) is 0 Å². The lowest BCUT2D eigenvalue weighted by atomic mass is 9.99. The molecule has 0 bridgehead atoms. The number of allylic oxidation sites excluding steroid dienone is 13. The van der Waals surface area contributed by atoms with Crippen molar-refractivity contribution in [3.8, 4) is 0 Å². The largest absolute Gasteiger partial charge is 0.454 e. The lowest BCUT2D eigenvalue weighted by Gasteiger charge is -2.41. The fourth-order valence-corrected chi connectivity index (χ4v) is 7.91. The summed E-state index contributed by atoms with van der Waals surface area (Å²) >= 11 is 0. The highest BCUT2D eigenvalue weighted by Gasteiger charge is 2.47. The second-order valence-electron chi connectivity index (χ2n) is 18.6. The molecule has 1 heterocycles. The Kier molecular flexibility index (Phi) is 42.5. The van der Waals surface area contributed by atoms with E-state index < -0.39 is 67.4 Å². The lowest BCUT2D eigenvalue weighted by Crippen LogP contribution is -2.61. The van der Waals surface area contributed by atoms with Crippen molar-refractivity contribution in [2.45, 2.75) is 256 Å². The number of carbonyl (C=O) groups excluding carboxylic acids is 2. The van der Waals surface area contributed by atoms with E-state index >= 15 is 0 Å². The molecule has 0 aromatic carbocycles. The van der Waals surface area contributed by atoms with E-state index in [4.69, 9.17) is 14.2 Å². The van der Waals surface area contributed by atoms with Crippen LogP contribution in [0, 0.1) is 0 Å². The Morgan fingerprint density at radius 3 is 1.57 bits per heavy atom. The predicted octanol–water partition coefficient (Wildman–Crippen LogP) is 11.8. The number of esters is 1. The van der Waals surface area contributed by atoms with Gasteiger partial charge in [-0.1, -0.05) is 196 Å². The quantitative estimate of drug-likeness (QED) is 0.0196. The van der Waals surface area contributed by atoms with Gasteiger partial charge in [0.25, 0.3) is 0 Å². The molecule has 396 valence electrons. The number of aliphatic hydroxyl groups excluding tert-OH is 5. The second-order valence-corrected chi connectivity index (χ2v) is 18.6. The number of nitrogens with one attached hydrogen (secondary N) is 1. The summed E-state index contributed by atoms with van der Waals surface area (Å²) in [6, 6.07) is -1.06. The topological polar surface area (TPSA) is 175 Å². The van der Waals surface area contributed by atoms with Gasteiger partial charge in [0.05, 0.1) is 25.4 Å². The molecule has 69 heavy (non-hydrogen) atoms. The maximum Gasteiger partial charge on any atom is 0.306 e. The fraction of sp³-hybridized carbons (Fsp3) is 0.724. The number of hydrogen-bond acceptors (Lipinski definition) is 10. The monoisotopic (exact) mass is 970 g/mol. The van der Waals surface area contributed by atoms with Crippen LogP contribution in [0.3, 0.4) is 0 Å². The van der Waals surface area contributed by atoms with E-state index in [9.17, 15) is 35.1 Å². The van der Waals surface area contributed by atoms with Gasteiger partial charge in [0.1, 0.15) is 24.4 Å². The van der Waals surface area contributed by atoms with Gasteiger partial charge in [0, 0.05) is 6.42 Å². The summed E-state index contributed by atoms with van der Waals surface area (Å²) in [4.78, 5) is 26.3. The standard InChI is InChI=1S/C58H99NO10/c1-4-7-10-13-16-19-22-24-25-26-28-30-33-36-39-42-45-51(62)57(66)59-49(50(61)44-41-38-35-32-29-21-18-15-12-9-6-3)48-67-58-56(55(65)54(64)52(47-60)68-58)69-53(63)46-43-40-37-34-31-27-23-20-17-14-11-8-5-2/h7,10,16,19,24-25,27-28,30-31,36,39,41,44,49-52,54-56,58,60-62,64-65H,4-6,8-9,11-15,17-18,20-23,26,29,32-35,37-38,40,42-43,45-48H2,1-3H3,(H,59,66)/b10-7-,19-16-,25-24-,30-28-,31-27-,39-36-,44-41+. The zero-order valence-corrected chi connectivity index (χ0v) is 43.4. The van der Waals surface area contributed by atoms with Crippen molar-refractivity contribution < 1.29 is 49.3 Å². The van der Waals surface area contributed by atoms with Crippen molar-refractivity contribution >= 4 is 11.9 Å². The van der Waals surface area contributed by atoms with Gasteiger partial charge in [0.15, 0.2) is 12.4 Å². The van der Waals surface area contributed by atoms with Gasteiger partial charge in [-0.15, -0.1) is 0 Å². The van der Waals surface area contributed by atoms with Gasteiger partial charge in [-0.25, -0.2) is 0 Å². The fourth-order valence-electron chi connectivity index (χ4n) is 7.91. The summed E-state index contributed by atoms with van der Waals surface area (Å²) in [5.74, 6) is -1.28. The Morgan fingerprint density at radius 2 is 1.04 bits per heavy atom. The van der Waals surface area contributed by atoms with E-state index in [1.807, 2.05) is 18.2 Å². The van der Waals surface area contributed by atoms with E-state index in [-0.39, 0.29) is 19.4 Å². The van der Waals surface area contributed by atoms with Gasteiger partial charge < -0.3 is 45.1 Å². The van der Waals surface area contributed by atoms with Crippen molar-refractivity contribution in [2.75, 3.05) is 13.2 Å². The van der Waals surface area contributed by atoms with Crippen molar-refractivity contribution in [3.05, 3.63) is 85.1 Å². The van der Waals surface area contributed by atoms with Crippen LogP contribution in [0.1, 0.15) is 207 Å². The van der Waals surface area contributed by atoms with Crippen LogP contribution >= 0.6 is 0 Å². The molecule has 0 saturated carbocycles. The van der Waals surface area contributed by atoms with Gasteiger partial charge in [-0.2, -0.15) is 0 Å². The number of rotatable bonds is 44. The molecule has 0 aromatic rings. The van der Waals surface area contributed by atoms with Crippen molar-refractivity contribution in [1.29, 1.82) is 0 Å². The smallest absolute Gasteiger partial charge is 0.306 e. The predicted molar refractivity (Wildman–Crippen MR) is 282 cm³/mol. The average Bonchev–Trinajstić information content (AvgIpc) is 3.34. The molecule has 1 rings (SSSR count). The molecule has 8 atom stereocenters. The number of hydrogen-bond donors (Lipinski definition) is 6. The summed E-state index contributed by atoms with van der Waals surface area (Å²) in [5.41, 5.74) is 0. The van der Waals surface area contributed by atoms with E-state index in [1.54, 1.807) is 6.08 Å². The van der Waals surface area contributed by atoms with Gasteiger partial charge in [0.2, 0.25) is 5.91 Å². The minimum Gasteiger partial charge on any atom is -0.454 e. The zero-order valence-electron chi connectivity index (χ0n) is 43.4. The number of unbranched alkanes of at least 4 members (excludes halogenated alkanes) is 18. The summed E-state index contributed by atoms with van der Waals surface area (Å²) < 4.78 is 17.5. The minimum absolute atomic E-state index is 0.0929. The number of carbonyl (C=O) groups is 2. The Morgan fingerprint density at radius 1 is 0.580 bits per heavy atom. The van der Waals surface area contributed by atoms with Crippen LogP contribution in [0.4, 0.5) is 0 Å². The first-order chi connectivity index (χ1) is 33.7. The highest BCUT2D eigenvalue weighted by atomic mass is 16.7. The first-order valence-corrected chi connectivity index (χ1v) is 27.4. The molecule has 0 aromatic heterocycles. The first kappa shape index (κ1) is 63.9. The van der Waals surface area contributed by atoms with E-state index in [2.05, 4.69) is 86.8 Å². The Labute approximate surface area is 419 Å². The molecule has 6 N–H and O–H groups in total. The number of ether oxygens (including phenoxy) is 3. The third-order valence-corrected chi connectivity index (χ3v) is 12.3. The third kappa shape index (κ3) is 34.7. The SMILES string of the molecule is CC/C=C\C/C=C\C/C=C\C/C=C\C/C=C\CCC(O)C(=O)NC(COC1OC(CO)C(O)C(O)C1OC(=O)CCCCC/C=C\CCCCCCCC)C(O)/C=C/CCCCCCCCCCC. The first-order valence-electron chi connectivity index (χ1n) is 27.4. The third-order valence-electron chi connectivity index (χ3n) is 12.3. The van der Waals surface area contributed by atoms with Crippen LogP contribution in [0.25, 0.3) is 0 Å². The van der Waals surface area contributed by atoms with Crippen LogP contribution in [-0.4, -0.2) is 99.6 Å². The number of aliphatic hydroxyl groups is 5. The number of amides is 1. The summed E-state index contributed by atoms with van der Waals surface area (Å²) in [5, 5.41) is 56.6. The highest BCUT2D eigenvalue weighted by Crippen LogP contribution is 2.26. The highest BCUT2D eigenvalue weighted by molar-refractivity contribution is 5.80. The maximum absolute atomic E-state index is 13.3. The second kappa shape index (κ2) is 45.9. The van der Waals surface area contributed by atoms with E-state index in [1.165, 1.54) is 77.0 Å². The molecular weight excluding hydrogens is 871 g/mol. The summed E-state index contributed by atoms with van der Waals surface area (Å²) in [6.45, 7) is 5.58. The molecule has 0 aliphatic carbocycles. The van der Waals surface area contributed by atoms with Crippen LogP contribution in [0.5, 0.6) is 0 Å². The van der Waals surface area contributed by atoms with E-state index in [0.717, 1.165) is 83.5 Å². The zero-order chi connectivity index (χ0) is 50.4. The molecule has 11 heteroatoms. The van der Waals surface area contributed by atoms with Gasteiger partial charge >= 0.3 is 5.97 Å². The summed E-state index contributed by atoms with van der Waals surface area (Å²) in [6.07, 6.45) is 47.9. The molecule has 8 unspecified atom stereocenters. The molecule has 0 radical (unpaired) electrons. The summed E-state index contributed by atoms with van der Waals surface area (Å²) in [7, 11) is 0. The van der Waals surface area contributed by atoms with Gasteiger partial charge in [-0.3, -0.25) is 9.59 Å². The van der Waals surface area contributed by atoms with Crippen LogP contribution in [0.2, 0.25) is 0 Å². The normalized spacial score (nSPS) is 20.5. The van der Waals surface area contributed by atoms with Gasteiger partial charge in [-0.05, 0) is 89.9 Å². The lowest BCUT2D eigenvalue weighted by molar-refractivity contribution is -0.305. The molecule has 1 saturated heterocycles. The molecule has 1 fully saturated rings. The Balaban J connectivity index is 2.81. The van der Waals surface area contributed by atoms with Crippen LogP contribution in [0.15, 0.2) is 85.1 Å². The molecule has 1 aliphatic rings. The molecule has 0 spiro atoms. The minimum atomic E-state index is -1.63. The Bertz CT molecular complexity index is 1440. The maximum atomic E-state index is 13.3.